The van der Waals surface area contributed by atoms with E-state index < -0.39 is 0 Å². The van der Waals surface area contributed by atoms with Crippen molar-refractivity contribution < 1.29 is 4.74 Å². The van der Waals surface area contributed by atoms with E-state index in [4.69, 9.17) is 17.0 Å². The van der Waals surface area contributed by atoms with Crippen LogP contribution in [0.1, 0.15) is 22.4 Å². The highest BCUT2D eigenvalue weighted by Crippen LogP contribution is 2.24. The molecule has 6 heteroatoms. The number of aryl methyl sites for hydroxylation is 2. The number of hydrogen-bond acceptors (Lipinski definition) is 4. The lowest BCUT2D eigenvalue weighted by Crippen LogP contribution is -2.24. The molecule has 1 heterocycles. The highest BCUT2D eigenvalue weighted by Gasteiger charge is 2.11. The van der Waals surface area contributed by atoms with Crippen molar-refractivity contribution in [1.82, 2.24) is 9.47 Å². The van der Waals surface area contributed by atoms with Gasteiger partial charge in [0.05, 0.1) is 19.3 Å². The van der Waals surface area contributed by atoms with Gasteiger partial charge in [-0.3, -0.25) is 4.90 Å². The zero-order valence-electron chi connectivity index (χ0n) is 14.3. The summed E-state index contributed by atoms with van der Waals surface area (Å²) < 4.78 is 9.03. The predicted octanol–water partition coefficient (Wildman–Crippen LogP) is 4.57. The van der Waals surface area contributed by atoms with Crippen molar-refractivity contribution in [3.8, 4) is 11.8 Å². The van der Waals surface area contributed by atoms with Gasteiger partial charge in [0.25, 0.3) is 0 Å². The van der Waals surface area contributed by atoms with Gasteiger partial charge in [0.15, 0.2) is 0 Å². The average molecular weight is 406 g/mol. The molecule has 0 saturated heterocycles. The van der Waals surface area contributed by atoms with Gasteiger partial charge in [0, 0.05) is 22.3 Å². The van der Waals surface area contributed by atoms with Gasteiger partial charge in [0.2, 0.25) is 0 Å². The van der Waals surface area contributed by atoms with Crippen LogP contribution in [0.25, 0.3) is 0 Å². The van der Waals surface area contributed by atoms with E-state index in [0.29, 0.717) is 23.4 Å². The Kier molecular flexibility index (Phi) is 6.16. The monoisotopic (exact) mass is 405 g/mol. The highest BCUT2D eigenvalue weighted by molar-refractivity contribution is 9.10. The summed E-state index contributed by atoms with van der Waals surface area (Å²) in [5.74, 6) is 0.854. The normalized spacial score (nSPS) is 10.7. The fraction of sp³-hybridized carbons (Fsp3) is 0.333. The Morgan fingerprint density at radius 1 is 1.33 bits per heavy atom. The van der Waals surface area contributed by atoms with Crippen LogP contribution in [0.3, 0.4) is 0 Å². The number of hydrogen-bond donors (Lipinski definition) is 0. The predicted molar refractivity (Wildman–Crippen MR) is 102 cm³/mol. The second-order valence-electron chi connectivity index (χ2n) is 5.80. The Balaban J connectivity index is 2.29. The standard InChI is InChI=1S/C18H20BrN3OS/c1-12-7-13(2)22(18(24)16(12)9-20)11-21(3)10-14-8-15(19)5-6-17(14)23-4/h5-8H,10-11H2,1-4H3. The lowest BCUT2D eigenvalue weighted by Gasteiger charge is -2.22. The Hall–Kier alpha value is -1.68. The summed E-state index contributed by atoms with van der Waals surface area (Å²) in [7, 11) is 3.69. The first-order valence-electron chi connectivity index (χ1n) is 7.49. The molecule has 0 atom stereocenters. The van der Waals surface area contributed by atoms with E-state index in [1.54, 1.807) is 7.11 Å². The van der Waals surface area contributed by atoms with Crippen LogP contribution in [-0.2, 0) is 13.2 Å². The molecule has 0 spiro atoms. The molecule has 0 amide bonds. The van der Waals surface area contributed by atoms with Crippen LogP contribution in [0.4, 0.5) is 0 Å². The molecule has 0 aliphatic carbocycles. The fourth-order valence-electron chi connectivity index (χ4n) is 2.69. The van der Waals surface area contributed by atoms with Crippen molar-refractivity contribution in [1.29, 1.82) is 5.26 Å². The molecular formula is C18H20BrN3OS. The first-order valence-corrected chi connectivity index (χ1v) is 8.69. The Bertz CT molecular complexity index is 855. The molecule has 0 fully saturated rings. The maximum atomic E-state index is 9.32. The number of benzene rings is 1. The van der Waals surface area contributed by atoms with Crippen LogP contribution in [0.5, 0.6) is 5.75 Å². The van der Waals surface area contributed by atoms with Crippen molar-refractivity contribution in [3.05, 3.63) is 55.8 Å². The molecule has 0 saturated carbocycles. The molecule has 1 aromatic carbocycles. The molecule has 2 aromatic rings. The van der Waals surface area contributed by atoms with Crippen molar-refractivity contribution >= 4 is 28.1 Å². The van der Waals surface area contributed by atoms with Gasteiger partial charge in [-0.2, -0.15) is 5.26 Å². The minimum atomic E-state index is 0.573. The number of nitriles is 1. The Morgan fingerprint density at radius 2 is 2.04 bits per heavy atom. The van der Waals surface area contributed by atoms with Crippen molar-refractivity contribution in [2.24, 2.45) is 0 Å². The molecule has 0 bridgehead atoms. The molecule has 2 rings (SSSR count). The molecule has 0 radical (unpaired) electrons. The molecular weight excluding hydrogens is 386 g/mol. The van der Waals surface area contributed by atoms with Crippen LogP contribution < -0.4 is 4.74 Å². The fourth-order valence-corrected chi connectivity index (χ4v) is 3.51. The Labute approximate surface area is 156 Å². The molecule has 4 nitrogen and oxygen atoms in total. The second-order valence-corrected chi connectivity index (χ2v) is 7.10. The van der Waals surface area contributed by atoms with E-state index in [1.165, 1.54) is 0 Å². The SMILES string of the molecule is COc1ccc(Br)cc1CN(C)Cn1c(C)cc(C)c(C#N)c1=S. The topological polar surface area (TPSA) is 41.2 Å². The van der Waals surface area contributed by atoms with Crippen molar-refractivity contribution in [2.45, 2.75) is 27.1 Å². The smallest absolute Gasteiger partial charge is 0.125 e. The molecule has 0 aliphatic rings. The minimum Gasteiger partial charge on any atom is -0.496 e. The van der Waals surface area contributed by atoms with E-state index in [1.807, 2.05) is 43.7 Å². The highest BCUT2D eigenvalue weighted by atomic mass is 79.9. The van der Waals surface area contributed by atoms with Crippen molar-refractivity contribution in [2.75, 3.05) is 14.2 Å². The van der Waals surface area contributed by atoms with Crippen LogP contribution in [-0.4, -0.2) is 23.6 Å². The molecule has 0 aliphatic heterocycles. The molecule has 1 aromatic heterocycles. The second kappa shape index (κ2) is 7.93. The van der Waals surface area contributed by atoms with E-state index in [0.717, 1.165) is 27.0 Å². The number of rotatable bonds is 5. The van der Waals surface area contributed by atoms with Gasteiger partial charge in [-0.05, 0) is 50.7 Å². The number of halogens is 1. The maximum Gasteiger partial charge on any atom is 0.125 e. The molecule has 0 unspecified atom stereocenters. The molecule has 126 valence electrons. The summed E-state index contributed by atoms with van der Waals surface area (Å²) >= 11 is 9.00. The number of pyridine rings is 1. The van der Waals surface area contributed by atoms with Gasteiger partial charge >= 0.3 is 0 Å². The molecule has 0 N–H and O–H groups in total. The van der Waals surface area contributed by atoms with E-state index in [9.17, 15) is 5.26 Å². The minimum absolute atomic E-state index is 0.573. The number of ether oxygens (including phenoxy) is 1. The first-order chi connectivity index (χ1) is 11.4. The largest absolute Gasteiger partial charge is 0.496 e. The van der Waals surface area contributed by atoms with Gasteiger partial charge in [0.1, 0.15) is 16.5 Å². The van der Waals surface area contributed by atoms with E-state index >= 15 is 0 Å². The van der Waals surface area contributed by atoms with Gasteiger partial charge in [-0.15, -0.1) is 0 Å². The van der Waals surface area contributed by atoms with Gasteiger partial charge < -0.3 is 9.30 Å². The number of aromatic nitrogens is 1. The average Bonchev–Trinajstić information content (AvgIpc) is 2.52. The van der Waals surface area contributed by atoms with E-state index in [-0.39, 0.29) is 0 Å². The number of nitrogens with zero attached hydrogens (tertiary/aromatic N) is 3. The third-order valence-electron chi connectivity index (χ3n) is 3.88. The van der Waals surface area contributed by atoms with Crippen molar-refractivity contribution in [3.63, 3.8) is 0 Å². The van der Waals surface area contributed by atoms with E-state index in [2.05, 4.69) is 33.0 Å². The van der Waals surface area contributed by atoms with Crippen LogP contribution >= 0.6 is 28.1 Å². The maximum absolute atomic E-state index is 9.32. The zero-order chi connectivity index (χ0) is 17.9. The lowest BCUT2D eigenvalue weighted by atomic mass is 10.1. The third-order valence-corrected chi connectivity index (χ3v) is 4.80. The summed E-state index contributed by atoms with van der Waals surface area (Å²) in [5, 5.41) is 9.32. The first kappa shape index (κ1) is 18.7. The summed E-state index contributed by atoms with van der Waals surface area (Å²) in [6.07, 6.45) is 0. The summed E-state index contributed by atoms with van der Waals surface area (Å²) in [6.45, 7) is 5.24. The molecule has 24 heavy (non-hydrogen) atoms. The lowest BCUT2D eigenvalue weighted by molar-refractivity contribution is 0.251. The summed E-state index contributed by atoms with van der Waals surface area (Å²) in [4.78, 5) is 2.14. The third kappa shape index (κ3) is 4.04. The van der Waals surface area contributed by atoms with Crippen LogP contribution in [0.15, 0.2) is 28.7 Å². The quantitative estimate of drug-likeness (QED) is 0.683. The Morgan fingerprint density at radius 3 is 2.67 bits per heavy atom. The number of methoxy groups -OCH3 is 1. The van der Waals surface area contributed by atoms with Gasteiger partial charge in [-0.25, -0.2) is 0 Å². The summed E-state index contributed by atoms with van der Waals surface area (Å²) in [5.41, 5.74) is 3.63. The zero-order valence-corrected chi connectivity index (χ0v) is 16.7. The van der Waals surface area contributed by atoms with Crippen LogP contribution in [0, 0.1) is 29.8 Å². The van der Waals surface area contributed by atoms with Crippen LogP contribution in [0.2, 0.25) is 0 Å². The summed E-state index contributed by atoms with van der Waals surface area (Å²) in [6, 6.07) is 10.2. The van der Waals surface area contributed by atoms with Gasteiger partial charge in [-0.1, -0.05) is 28.1 Å².